The van der Waals surface area contributed by atoms with Crippen molar-refractivity contribution in [1.82, 2.24) is 19.7 Å². The Morgan fingerprint density at radius 2 is 1.93 bits per heavy atom. The Labute approximate surface area is 171 Å². The SMILES string of the molecule is CCn1c(SCC(=O)Nc2c([N+](=O)[O-])ccc(C)c2C)nnc1-c1ccncc1. The van der Waals surface area contributed by atoms with Gasteiger partial charge in [0, 0.05) is 30.6 Å². The highest BCUT2D eigenvalue weighted by Gasteiger charge is 2.20. The second kappa shape index (κ2) is 8.82. The third-order valence-corrected chi connectivity index (χ3v) is 5.45. The molecule has 0 aliphatic carbocycles. The number of aromatic nitrogens is 4. The lowest BCUT2D eigenvalue weighted by atomic mass is 10.1. The van der Waals surface area contributed by atoms with Gasteiger partial charge in [0.05, 0.1) is 10.7 Å². The summed E-state index contributed by atoms with van der Waals surface area (Å²) in [7, 11) is 0. The number of nitro groups is 1. The molecule has 1 N–H and O–H groups in total. The quantitative estimate of drug-likeness (QED) is 0.358. The van der Waals surface area contributed by atoms with E-state index in [-0.39, 0.29) is 23.0 Å². The molecule has 2 heterocycles. The van der Waals surface area contributed by atoms with Crippen molar-refractivity contribution < 1.29 is 9.72 Å². The molecule has 0 spiro atoms. The molecule has 2 aromatic heterocycles. The van der Waals surface area contributed by atoms with E-state index in [9.17, 15) is 14.9 Å². The number of nitro benzene ring substituents is 1. The first-order chi connectivity index (χ1) is 13.9. The maximum Gasteiger partial charge on any atom is 0.293 e. The van der Waals surface area contributed by atoms with Crippen molar-refractivity contribution in [3.8, 4) is 11.4 Å². The van der Waals surface area contributed by atoms with Crippen LogP contribution in [0.4, 0.5) is 11.4 Å². The van der Waals surface area contributed by atoms with E-state index in [1.54, 1.807) is 25.4 Å². The molecule has 0 aliphatic rings. The zero-order valence-electron chi connectivity index (χ0n) is 16.2. The smallest absolute Gasteiger partial charge is 0.293 e. The highest BCUT2D eigenvalue weighted by atomic mass is 32.2. The molecular formula is C19H20N6O3S. The van der Waals surface area contributed by atoms with Gasteiger partial charge in [-0.1, -0.05) is 17.8 Å². The zero-order valence-corrected chi connectivity index (χ0v) is 17.1. The molecule has 9 nitrogen and oxygen atoms in total. The van der Waals surface area contributed by atoms with Gasteiger partial charge in [0.15, 0.2) is 11.0 Å². The number of anilines is 1. The number of nitrogens with zero attached hydrogens (tertiary/aromatic N) is 5. The number of hydrogen-bond donors (Lipinski definition) is 1. The fraction of sp³-hybridized carbons (Fsp3) is 0.263. The summed E-state index contributed by atoms with van der Waals surface area (Å²) in [5, 5.41) is 23.0. The van der Waals surface area contributed by atoms with Crippen LogP contribution in [-0.4, -0.2) is 36.3 Å². The van der Waals surface area contributed by atoms with E-state index in [0.29, 0.717) is 23.1 Å². The van der Waals surface area contributed by atoms with Gasteiger partial charge in [0.1, 0.15) is 5.69 Å². The van der Waals surface area contributed by atoms with Crippen molar-refractivity contribution in [2.24, 2.45) is 0 Å². The Balaban J connectivity index is 1.75. The predicted molar refractivity (Wildman–Crippen MR) is 111 cm³/mol. The van der Waals surface area contributed by atoms with Crippen LogP contribution in [0, 0.1) is 24.0 Å². The molecule has 150 valence electrons. The third-order valence-electron chi connectivity index (χ3n) is 4.48. The number of amides is 1. The average Bonchev–Trinajstić information content (AvgIpc) is 3.13. The number of thioether (sulfide) groups is 1. The standard InChI is InChI=1S/C19H20N6O3S/c1-4-24-18(14-7-9-20-10-8-14)22-23-19(24)29-11-16(26)21-17-13(3)12(2)5-6-15(17)25(27)28/h5-10H,4,11H2,1-3H3,(H,21,26). The van der Waals surface area contributed by atoms with E-state index < -0.39 is 4.92 Å². The maximum atomic E-state index is 12.5. The van der Waals surface area contributed by atoms with Crippen LogP contribution in [0.3, 0.4) is 0 Å². The Bertz CT molecular complexity index is 1050. The highest BCUT2D eigenvalue weighted by Crippen LogP contribution is 2.31. The number of hydrogen-bond acceptors (Lipinski definition) is 7. The van der Waals surface area contributed by atoms with E-state index in [1.165, 1.54) is 17.8 Å². The molecule has 0 saturated carbocycles. The van der Waals surface area contributed by atoms with Gasteiger partial charge in [-0.2, -0.15) is 0 Å². The lowest BCUT2D eigenvalue weighted by Crippen LogP contribution is -2.17. The fourth-order valence-electron chi connectivity index (χ4n) is 2.81. The average molecular weight is 412 g/mol. The van der Waals surface area contributed by atoms with Crippen molar-refractivity contribution in [2.45, 2.75) is 32.5 Å². The monoisotopic (exact) mass is 412 g/mol. The first-order valence-corrected chi connectivity index (χ1v) is 9.91. The van der Waals surface area contributed by atoms with Crippen molar-refractivity contribution in [3.05, 3.63) is 57.9 Å². The second-order valence-corrected chi connectivity index (χ2v) is 7.22. The van der Waals surface area contributed by atoms with Crippen LogP contribution in [0.5, 0.6) is 0 Å². The summed E-state index contributed by atoms with van der Waals surface area (Å²) in [6.07, 6.45) is 3.36. The number of benzene rings is 1. The summed E-state index contributed by atoms with van der Waals surface area (Å²) >= 11 is 1.23. The normalized spacial score (nSPS) is 10.7. The molecule has 0 radical (unpaired) electrons. The van der Waals surface area contributed by atoms with Crippen LogP contribution in [0.2, 0.25) is 0 Å². The molecule has 10 heteroatoms. The van der Waals surface area contributed by atoms with Crippen LogP contribution in [0.1, 0.15) is 18.1 Å². The van der Waals surface area contributed by atoms with Crippen molar-refractivity contribution in [2.75, 3.05) is 11.1 Å². The molecule has 3 rings (SSSR count). The molecule has 0 aliphatic heterocycles. The molecule has 0 unspecified atom stereocenters. The molecule has 1 aromatic carbocycles. The molecular weight excluding hydrogens is 392 g/mol. The minimum Gasteiger partial charge on any atom is -0.319 e. The van der Waals surface area contributed by atoms with Gasteiger partial charge in [-0.3, -0.25) is 19.9 Å². The lowest BCUT2D eigenvalue weighted by molar-refractivity contribution is -0.384. The first kappa shape index (κ1) is 20.5. The van der Waals surface area contributed by atoms with Gasteiger partial charge >= 0.3 is 0 Å². The van der Waals surface area contributed by atoms with Crippen molar-refractivity contribution >= 4 is 29.0 Å². The molecule has 3 aromatic rings. The molecule has 0 bridgehead atoms. The van der Waals surface area contributed by atoms with Gasteiger partial charge in [-0.05, 0) is 44.0 Å². The number of pyridine rings is 1. The van der Waals surface area contributed by atoms with Crippen molar-refractivity contribution in [3.63, 3.8) is 0 Å². The van der Waals surface area contributed by atoms with Crippen molar-refractivity contribution in [1.29, 1.82) is 0 Å². The summed E-state index contributed by atoms with van der Waals surface area (Å²) in [5.41, 5.74) is 2.54. The third kappa shape index (κ3) is 4.43. The Hall–Kier alpha value is -3.27. The van der Waals surface area contributed by atoms with E-state index in [4.69, 9.17) is 0 Å². The minimum atomic E-state index is -0.496. The van der Waals surface area contributed by atoms with Gasteiger partial charge in [-0.25, -0.2) is 0 Å². The number of rotatable bonds is 7. The van der Waals surface area contributed by atoms with Crippen LogP contribution < -0.4 is 5.32 Å². The van der Waals surface area contributed by atoms with E-state index in [0.717, 1.165) is 11.1 Å². The predicted octanol–water partition coefficient (Wildman–Crippen LogP) is 3.62. The summed E-state index contributed by atoms with van der Waals surface area (Å²) in [5.74, 6) is 0.407. The van der Waals surface area contributed by atoms with Gasteiger partial charge < -0.3 is 9.88 Å². The van der Waals surface area contributed by atoms with Crippen LogP contribution in [0.15, 0.2) is 41.8 Å². The number of carbonyl (C=O) groups excluding carboxylic acids is 1. The van der Waals surface area contributed by atoms with Gasteiger partial charge in [0.25, 0.3) is 5.69 Å². The Morgan fingerprint density at radius 3 is 2.59 bits per heavy atom. The summed E-state index contributed by atoms with van der Waals surface area (Å²) in [4.78, 5) is 27.3. The molecule has 0 atom stereocenters. The summed E-state index contributed by atoms with van der Waals surface area (Å²) in [6.45, 7) is 6.20. The summed E-state index contributed by atoms with van der Waals surface area (Å²) in [6, 6.07) is 6.76. The van der Waals surface area contributed by atoms with Crippen LogP contribution in [0.25, 0.3) is 11.4 Å². The Kier molecular flexibility index (Phi) is 6.23. The largest absolute Gasteiger partial charge is 0.319 e. The van der Waals surface area contributed by atoms with Crippen LogP contribution >= 0.6 is 11.8 Å². The number of aryl methyl sites for hydroxylation is 1. The lowest BCUT2D eigenvalue weighted by Gasteiger charge is -2.11. The molecule has 29 heavy (non-hydrogen) atoms. The minimum absolute atomic E-state index is 0.0546. The second-order valence-electron chi connectivity index (χ2n) is 6.28. The molecule has 1 amide bonds. The Morgan fingerprint density at radius 1 is 1.21 bits per heavy atom. The van der Waals surface area contributed by atoms with E-state index in [1.807, 2.05) is 30.5 Å². The highest BCUT2D eigenvalue weighted by molar-refractivity contribution is 7.99. The molecule has 0 saturated heterocycles. The van der Waals surface area contributed by atoms with E-state index >= 15 is 0 Å². The number of nitrogens with one attached hydrogen (secondary N) is 1. The summed E-state index contributed by atoms with van der Waals surface area (Å²) < 4.78 is 1.91. The van der Waals surface area contributed by atoms with Gasteiger partial charge in [-0.15, -0.1) is 10.2 Å². The first-order valence-electron chi connectivity index (χ1n) is 8.93. The fourth-order valence-corrected chi connectivity index (χ4v) is 3.61. The number of carbonyl (C=O) groups is 1. The van der Waals surface area contributed by atoms with Gasteiger partial charge in [0.2, 0.25) is 5.91 Å². The topological polar surface area (TPSA) is 116 Å². The van der Waals surface area contributed by atoms with E-state index in [2.05, 4.69) is 20.5 Å². The van der Waals surface area contributed by atoms with Crippen LogP contribution in [-0.2, 0) is 11.3 Å². The zero-order chi connectivity index (χ0) is 21.0. The molecule has 0 fully saturated rings. The maximum absolute atomic E-state index is 12.5.